The van der Waals surface area contributed by atoms with E-state index in [0.717, 1.165) is 15.6 Å². The minimum Gasteiger partial charge on any atom is -0.379 e. The molecule has 2 aliphatic rings. The number of imide groups is 1. The predicted molar refractivity (Wildman–Crippen MR) is 159 cm³/mol. The fourth-order valence-electron chi connectivity index (χ4n) is 5.18. The number of hydrogen-bond acceptors (Lipinski definition) is 7. The molecule has 1 aliphatic heterocycles. The summed E-state index contributed by atoms with van der Waals surface area (Å²) in [5.41, 5.74) is 1.00. The van der Waals surface area contributed by atoms with Crippen LogP contribution in [0.15, 0.2) is 83.8 Å². The molecule has 0 bridgehead atoms. The molecule has 3 aromatic rings. The van der Waals surface area contributed by atoms with Crippen LogP contribution in [0.1, 0.15) is 39.6 Å². The maximum atomic E-state index is 13.7. The van der Waals surface area contributed by atoms with Crippen molar-refractivity contribution in [2.75, 3.05) is 6.54 Å². The molecule has 0 N–H and O–H groups in total. The number of allylic oxidation sites excluding steroid dienone is 2. The third-order valence-electron chi connectivity index (χ3n) is 7.48. The number of Topliss-reactive ketones (excluding diaryl/α,β-unsaturated/α-hetero) is 1. The fraction of sp³-hybridized carbons (Fsp3) is 0.226. The molecule has 3 amide bonds. The Morgan fingerprint density at radius 1 is 0.930 bits per heavy atom. The lowest BCUT2D eigenvalue weighted by molar-refractivity contribution is -0.154. The molecule has 0 aromatic heterocycles. The van der Waals surface area contributed by atoms with E-state index in [1.165, 1.54) is 54.6 Å². The summed E-state index contributed by atoms with van der Waals surface area (Å²) in [6, 6.07) is 15.5. The highest BCUT2D eigenvalue weighted by molar-refractivity contribution is 7.87. The molecule has 1 aliphatic carbocycles. The number of benzene rings is 3. The smallest absolute Gasteiger partial charge is 0.339 e. The first-order valence-electron chi connectivity index (χ1n) is 13.3. The van der Waals surface area contributed by atoms with Crippen LogP contribution >= 0.6 is 23.2 Å². The van der Waals surface area contributed by atoms with Gasteiger partial charge in [-0.3, -0.25) is 19.2 Å². The van der Waals surface area contributed by atoms with Gasteiger partial charge in [-0.25, -0.2) is 5.01 Å². The molecule has 9 nitrogen and oxygen atoms in total. The van der Waals surface area contributed by atoms with Gasteiger partial charge in [0.15, 0.2) is 5.78 Å². The van der Waals surface area contributed by atoms with Crippen LogP contribution in [0.4, 0.5) is 0 Å². The van der Waals surface area contributed by atoms with Crippen molar-refractivity contribution in [1.82, 2.24) is 10.0 Å². The monoisotopic (exact) mass is 640 g/mol. The summed E-state index contributed by atoms with van der Waals surface area (Å²) in [6.07, 6.45) is 4.03. The van der Waals surface area contributed by atoms with Gasteiger partial charge in [-0.1, -0.05) is 60.0 Å². The van der Waals surface area contributed by atoms with Gasteiger partial charge in [-0.15, -0.1) is 0 Å². The zero-order valence-electron chi connectivity index (χ0n) is 23.1. The van der Waals surface area contributed by atoms with E-state index >= 15 is 0 Å². The Bertz CT molecular complexity index is 1760. The Balaban J connectivity index is 1.41. The van der Waals surface area contributed by atoms with Gasteiger partial charge in [0.05, 0.1) is 21.9 Å². The number of halogens is 2. The zero-order valence-corrected chi connectivity index (χ0v) is 25.4. The van der Waals surface area contributed by atoms with E-state index in [9.17, 15) is 27.6 Å². The van der Waals surface area contributed by atoms with E-state index in [4.69, 9.17) is 27.4 Å². The van der Waals surface area contributed by atoms with Gasteiger partial charge in [0.2, 0.25) is 0 Å². The molecule has 3 aromatic carbocycles. The van der Waals surface area contributed by atoms with Crippen LogP contribution < -0.4 is 4.18 Å². The average molecular weight is 642 g/mol. The van der Waals surface area contributed by atoms with E-state index in [1.54, 1.807) is 12.1 Å². The molecule has 12 heteroatoms. The summed E-state index contributed by atoms with van der Waals surface area (Å²) in [5.74, 6) is -4.13. The standard InChI is InChI=1S/C31H26Cl2N2O7S/c1-18-6-13-23(14-7-18)43(40,41)42-22-11-8-20(9-12-22)27(36)17-34(29(37)21-10-15-25(32)26(33)16-21)35-30(38)24-5-3-4-19(2)28(24)31(35)39/h3-4,6-16,19,24,28H,5,17H2,1-2H3/t19-,24+,28-/m0/s1. The molecule has 0 unspecified atom stereocenters. The first kappa shape index (κ1) is 30.5. The Labute approximate surface area is 258 Å². The number of hydrazine groups is 1. The number of carbonyl (C=O) groups excluding carboxylic acids is 4. The summed E-state index contributed by atoms with van der Waals surface area (Å²) in [5, 5.41) is 1.89. The second-order valence-electron chi connectivity index (χ2n) is 10.4. The highest BCUT2D eigenvalue weighted by atomic mass is 35.5. The maximum absolute atomic E-state index is 13.7. The van der Waals surface area contributed by atoms with Crippen molar-refractivity contribution in [3.63, 3.8) is 0 Å². The lowest BCUT2D eigenvalue weighted by Gasteiger charge is -2.30. The summed E-state index contributed by atoms with van der Waals surface area (Å²) in [6.45, 7) is 2.99. The number of carbonyl (C=O) groups is 4. The molecule has 1 fully saturated rings. The molecule has 0 saturated carbocycles. The minimum atomic E-state index is -4.11. The van der Waals surface area contributed by atoms with Crippen molar-refractivity contribution in [2.24, 2.45) is 17.8 Å². The normalized spacial score (nSPS) is 19.7. The van der Waals surface area contributed by atoms with E-state index < -0.39 is 52.0 Å². The van der Waals surface area contributed by atoms with Crippen LogP contribution in [0.2, 0.25) is 10.0 Å². The van der Waals surface area contributed by atoms with Crippen LogP contribution in [0.25, 0.3) is 0 Å². The average Bonchev–Trinajstić information content (AvgIpc) is 3.23. The molecule has 1 saturated heterocycles. The van der Waals surface area contributed by atoms with E-state index in [2.05, 4.69) is 0 Å². The Morgan fingerprint density at radius 2 is 1.58 bits per heavy atom. The van der Waals surface area contributed by atoms with Gasteiger partial charge < -0.3 is 4.18 Å². The molecular formula is C31H26Cl2N2O7S. The topological polar surface area (TPSA) is 118 Å². The summed E-state index contributed by atoms with van der Waals surface area (Å²) in [4.78, 5) is 54.2. The van der Waals surface area contributed by atoms with Crippen LogP contribution in [0, 0.1) is 24.7 Å². The van der Waals surface area contributed by atoms with Crippen molar-refractivity contribution in [3.05, 3.63) is 106 Å². The van der Waals surface area contributed by atoms with Crippen molar-refractivity contribution >= 4 is 56.8 Å². The van der Waals surface area contributed by atoms with Gasteiger partial charge in [0.1, 0.15) is 17.2 Å². The number of nitrogens with zero attached hydrogens (tertiary/aromatic N) is 2. The summed E-state index contributed by atoms with van der Waals surface area (Å²) in [7, 11) is -4.11. The highest BCUT2D eigenvalue weighted by Crippen LogP contribution is 2.39. The third kappa shape index (κ3) is 6.08. The molecule has 3 atom stereocenters. The fourth-order valence-corrected chi connectivity index (χ4v) is 6.41. The van der Waals surface area contributed by atoms with Gasteiger partial charge in [0, 0.05) is 11.1 Å². The molecule has 1 heterocycles. The number of hydrogen-bond donors (Lipinski definition) is 0. The van der Waals surface area contributed by atoms with Gasteiger partial charge in [0.25, 0.3) is 17.7 Å². The van der Waals surface area contributed by atoms with E-state index in [1.807, 2.05) is 26.0 Å². The SMILES string of the molecule is Cc1ccc(S(=O)(=O)Oc2ccc(C(=O)CN(C(=O)c3ccc(Cl)c(Cl)c3)N3C(=O)[C@H]4[C@@H](C)C=CC[C@H]4C3=O)cc2)cc1. The molecule has 0 radical (unpaired) electrons. The Kier molecular flexibility index (Phi) is 8.47. The second kappa shape index (κ2) is 11.9. The predicted octanol–water partition coefficient (Wildman–Crippen LogP) is 5.51. The van der Waals surface area contributed by atoms with Crippen LogP contribution in [-0.2, 0) is 19.7 Å². The second-order valence-corrected chi connectivity index (χ2v) is 12.8. The van der Waals surface area contributed by atoms with Crippen molar-refractivity contribution < 1.29 is 31.8 Å². The lowest BCUT2D eigenvalue weighted by atomic mass is 9.78. The third-order valence-corrected chi connectivity index (χ3v) is 9.48. The molecule has 0 spiro atoms. The van der Waals surface area contributed by atoms with Crippen LogP contribution in [0.3, 0.4) is 0 Å². The minimum absolute atomic E-state index is 0.0221. The van der Waals surface area contributed by atoms with Crippen molar-refractivity contribution in [3.8, 4) is 5.75 Å². The highest BCUT2D eigenvalue weighted by Gasteiger charge is 2.53. The van der Waals surface area contributed by atoms with Crippen LogP contribution in [0.5, 0.6) is 5.75 Å². The zero-order chi connectivity index (χ0) is 31.1. The Morgan fingerprint density at radius 3 is 2.21 bits per heavy atom. The number of ketones is 1. The molecular weight excluding hydrogens is 615 g/mol. The van der Waals surface area contributed by atoms with Crippen LogP contribution in [-0.4, -0.2) is 48.5 Å². The number of amides is 3. The molecule has 43 heavy (non-hydrogen) atoms. The number of rotatable bonds is 8. The van der Waals surface area contributed by atoms with E-state index in [0.29, 0.717) is 6.42 Å². The van der Waals surface area contributed by atoms with Crippen molar-refractivity contribution in [2.45, 2.75) is 25.2 Å². The maximum Gasteiger partial charge on any atom is 0.339 e. The van der Waals surface area contributed by atoms with Gasteiger partial charge in [-0.05, 0) is 73.9 Å². The number of aryl methyl sites for hydroxylation is 1. The van der Waals surface area contributed by atoms with Gasteiger partial charge >= 0.3 is 10.1 Å². The number of fused-ring (bicyclic) bond motifs is 1. The molecule has 222 valence electrons. The largest absolute Gasteiger partial charge is 0.379 e. The first-order chi connectivity index (χ1) is 20.4. The van der Waals surface area contributed by atoms with Gasteiger partial charge in [-0.2, -0.15) is 13.4 Å². The summed E-state index contributed by atoms with van der Waals surface area (Å²) >= 11 is 12.1. The van der Waals surface area contributed by atoms with Crippen molar-refractivity contribution in [1.29, 1.82) is 0 Å². The van der Waals surface area contributed by atoms with E-state index in [-0.39, 0.29) is 37.7 Å². The first-order valence-corrected chi connectivity index (χ1v) is 15.5. The molecule has 5 rings (SSSR count). The summed E-state index contributed by atoms with van der Waals surface area (Å²) < 4.78 is 30.5. The lowest BCUT2D eigenvalue weighted by Crippen LogP contribution is -2.52. The Hall–Kier alpha value is -3.99. The quantitative estimate of drug-likeness (QED) is 0.138.